The van der Waals surface area contributed by atoms with Gasteiger partial charge in [0.1, 0.15) is 5.82 Å². The molecule has 1 aromatic heterocycles. The summed E-state index contributed by atoms with van der Waals surface area (Å²) >= 11 is 3.49. The summed E-state index contributed by atoms with van der Waals surface area (Å²) in [5, 5.41) is 0. The fraction of sp³-hybridized carbons (Fsp3) is 0.400. The summed E-state index contributed by atoms with van der Waals surface area (Å²) in [5.41, 5.74) is 5.35. The van der Waals surface area contributed by atoms with E-state index in [1.165, 1.54) is 11.1 Å². The molecule has 1 unspecified atom stereocenters. The van der Waals surface area contributed by atoms with Crippen LogP contribution in [-0.4, -0.2) is 9.55 Å². The Hall–Kier alpha value is -1.17. The van der Waals surface area contributed by atoms with Gasteiger partial charge < -0.3 is 4.57 Å². The minimum absolute atomic E-state index is 0.0705. The Kier molecular flexibility index (Phi) is 5.34. The zero-order chi connectivity index (χ0) is 14.5. The van der Waals surface area contributed by atoms with Gasteiger partial charge in [0, 0.05) is 29.8 Å². The Labute approximate surface area is 128 Å². The van der Waals surface area contributed by atoms with Crippen molar-refractivity contribution in [1.82, 2.24) is 15.0 Å². The zero-order valence-corrected chi connectivity index (χ0v) is 13.5. The van der Waals surface area contributed by atoms with Gasteiger partial charge in [-0.05, 0) is 36.6 Å². The SMILES string of the molecule is CCCn1ccnc1CC(NN)c1ccc(Br)cc1C. The Morgan fingerprint density at radius 1 is 1.45 bits per heavy atom. The number of aryl methyl sites for hydroxylation is 2. The van der Waals surface area contributed by atoms with E-state index in [2.05, 4.69) is 56.9 Å². The molecule has 0 saturated heterocycles. The van der Waals surface area contributed by atoms with Gasteiger partial charge in [-0.15, -0.1) is 0 Å². The highest BCUT2D eigenvalue weighted by Crippen LogP contribution is 2.23. The molecule has 0 aliphatic rings. The molecule has 108 valence electrons. The molecule has 0 radical (unpaired) electrons. The maximum absolute atomic E-state index is 5.75. The lowest BCUT2D eigenvalue weighted by molar-refractivity contribution is 0.515. The number of imidazole rings is 1. The number of hydrogen-bond donors (Lipinski definition) is 2. The molecule has 1 heterocycles. The number of hydrogen-bond acceptors (Lipinski definition) is 3. The van der Waals surface area contributed by atoms with Crippen molar-refractivity contribution in [2.24, 2.45) is 5.84 Å². The van der Waals surface area contributed by atoms with Crippen LogP contribution in [0, 0.1) is 6.92 Å². The standard InChI is InChI=1S/C15H21BrN4/c1-3-7-20-8-6-18-15(20)10-14(19-17)13-5-4-12(16)9-11(13)2/h4-6,8-9,14,19H,3,7,10,17H2,1-2H3. The first-order valence-electron chi connectivity index (χ1n) is 6.88. The summed E-state index contributed by atoms with van der Waals surface area (Å²) in [7, 11) is 0. The van der Waals surface area contributed by atoms with Gasteiger partial charge in [-0.3, -0.25) is 11.3 Å². The molecule has 0 bridgehead atoms. The number of rotatable bonds is 6. The molecule has 0 spiro atoms. The maximum Gasteiger partial charge on any atom is 0.110 e. The van der Waals surface area contributed by atoms with Gasteiger partial charge in [0.25, 0.3) is 0 Å². The number of nitrogens with two attached hydrogens (primary N) is 1. The van der Waals surface area contributed by atoms with E-state index in [1.807, 2.05) is 18.5 Å². The number of aromatic nitrogens is 2. The van der Waals surface area contributed by atoms with Crippen LogP contribution in [0.25, 0.3) is 0 Å². The molecule has 0 amide bonds. The minimum Gasteiger partial charge on any atom is -0.335 e. The van der Waals surface area contributed by atoms with Gasteiger partial charge in [-0.2, -0.15) is 0 Å². The summed E-state index contributed by atoms with van der Waals surface area (Å²) < 4.78 is 3.28. The van der Waals surface area contributed by atoms with E-state index in [0.717, 1.165) is 29.7 Å². The van der Waals surface area contributed by atoms with E-state index in [9.17, 15) is 0 Å². The summed E-state index contributed by atoms with van der Waals surface area (Å²) in [6, 6.07) is 6.33. The highest BCUT2D eigenvalue weighted by molar-refractivity contribution is 9.10. The van der Waals surface area contributed by atoms with Crippen molar-refractivity contribution in [2.75, 3.05) is 0 Å². The number of benzene rings is 1. The fourth-order valence-corrected chi connectivity index (χ4v) is 2.92. The van der Waals surface area contributed by atoms with E-state index in [-0.39, 0.29) is 6.04 Å². The molecule has 20 heavy (non-hydrogen) atoms. The van der Waals surface area contributed by atoms with Gasteiger partial charge in [-0.1, -0.05) is 28.9 Å². The summed E-state index contributed by atoms with van der Waals surface area (Å²) in [6.45, 7) is 5.26. The lowest BCUT2D eigenvalue weighted by Crippen LogP contribution is -2.31. The van der Waals surface area contributed by atoms with Crippen LogP contribution in [0.2, 0.25) is 0 Å². The largest absolute Gasteiger partial charge is 0.335 e. The lowest BCUT2D eigenvalue weighted by Gasteiger charge is -2.19. The first kappa shape index (κ1) is 15.2. The molecule has 5 heteroatoms. The zero-order valence-electron chi connectivity index (χ0n) is 11.9. The Morgan fingerprint density at radius 3 is 2.90 bits per heavy atom. The molecular weight excluding hydrogens is 316 g/mol. The maximum atomic E-state index is 5.75. The molecule has 0 fully saturated rings. The minimum atomic E-state index is 0.0705. The number of halogens is 1. The normalized spacial score (nSPS) is 12.6. The van der Waals surface area contributed by atoms with Crippen molar-refractivity contribution in [3.63, 3.8) is 0 Å². The van der Waals surface area contributed by atoms with Crippen LogP contribution in [0.15, 0.2) is 35.1 Å². The average molecular weight is 337 g/mol. The third-order valence-corrected chi connectivity index (χ3v) is 3.95. The summed E-state index contributed by atoms with van der Waals surface area (Å²) in [4.78, 5) is 4.45. The van der Waals surface area contributed by atoms with E-state index in [4.69, 9.17) is 5.84 Å². The van der Waals surface area contributed by atoms with Gasteiger partial charge >= 0.3 is 0 Å². The fourth-order valence-electron chi connectivity index (χ4n) is 2.45. The highest BCUT2D eigenvalue weighted by Gasteiger charge is 2.16. The van der Waals surface area contributed by atoms with Crippen LogP contribution in [-0.2, 0) is 13.0 Å². The van der Waals surface area contributed by atoms with E-state index in [1.54, 1.807) is 0 Å². The van der Waals surface area contributed by atoms with Crippen LogP contribution in [0.4, 0.5) is 0 Å². The second-order valence-electron chi connectivity index (χ2n) is 4.96. The van der Waals surface area contributed by atoms with Gasteiger partial charge in [0.15, 0.2) is 0 Å². The number of nitrogens with zero attached hydrogens (tertiary/aromatic N) is 2. The third kappa shape index (κ3) is 3.48. The first-order valence-corrected chi connectivity index (χ1v) is 7.67. The van der Waals surface area contributed by atoms with E-state index < -0.39 is 0 Å². The van der Waals surface area contributed by atoms with Crippen LogP contribution in [0.3, 0.4) is 0 Å². The smallest absolute Gasteiger partial charge is 0.110 e. The van der Waals surface area contributed by atoms with Gasteiger partial charge in [-0.25, -0.2) is 4.98 Å². The Balaban J connectivity index is 2.22. The van der Waals surface area contributed by atoms with Crippen LogP contribution in [0.1, 0.15) is 36.3 Å². The van der Waals surface area contributed by atoms with E-state index >= 15 is 0 Å². The lowest BCUT2D eigenvalue weighted by atomic mass is 9.99. The quantitative estimate of drug-likeness (QED) is 0.629. The van der Waals surface area contributed by atoms with E-state index in [0.29, 0.717) is 0 Å². The van der Waals surface area contributed by atoms with Crippen LogP contribution >= 0.6 is 15.9 Å². The third-order valence-electron chi connectivity index (χ3n) is 3.46. The summed E-state index contributed by atoms with van der Waals surface area (Å²) in [6.07, 6.45) is 5.77. The number of hydrazine groups is 1. The molecule has 0 saturated carbocycles. The highest BCUT2D eigenvalue weighted by atomic mass is 79.9. The average Bonchev–Trinajstić information content (AvgIpc) is 2.84. The van der Waals surface area contributed by atoms with Crippen LogP contribution in [0.5, 0.6) is 0 Å². The molecule has 4 nitrogen and oxygen atoms in total. The Morgan fingerprint density at radius 2 is 2.25 bits per heavy atom. The molecule has 2 rings (SSSR count). The monoisotopic (exact) mass is 336 g/mol. The predicted molar refractivity (Wildman–Crippen MR) is 85.2 cm³/mol. The molecule has 2 aromatic rings. The molecular formula is C15H21BrN4. The van der Waals surface area contributed by atoms with Crippen molar-refractivity contribution in [1.29, 1.82) is 0 Å². The van der Waals surface area contributed by atoms with Crippen molar-refractivity contribution >= 4 is 15.9 Å². The van der Waals surface area contributed by atoms with Crippen LogP contribution < -0.4 is 11.3 Å². The second kappa shape index (κ2) is 7.02. The van der Waals surface area contributed by atoms with Gasteiger partial charge in [0.2, 0.25) is 0 Å². The molecule has 1 atom stereocenters. The molecule has 0 aliphatic heterocycles. The van der Waals surface area contributed by atoms with Crippen molar-refractivity contribution in [3.05, 3.63) is 52.0 Å². The van der Waals surface area contributed by atoms with Crippen molar-refractivity contribution in [2.45, 2.75) is 39.3 Å². The predicted octanol–water partition coefficient (Wildman–Crippen LogP) is 3.11. The topological polar surface area (TPSA) is 55.9 Å². The molecule has 0 aliphatic carbocycles. The Bertz CT molecular complexity index is 565. The molecule has 1 aromatic carbocycles. The molecule has 3 N–H and O–H groups in total. The number of nitrogens with one attached hydrogen (secondary N) is 1. The second-order valence-corrected chi connectivity index (χ2v) is 5.88. The first-order chi connectivity index (χ1) is 9.65. The van der Waals surface area contributed by atoms with Crippen molar-refractivity contribution < 1.29 is 0 Å². The summed E-state index contributed by atoms with van der Waals surface area (Å²) in [5.74, 6) is 6.82. The van der Waals surface area contributed by atoms with Gasteiger partial charge in [0.05, 0.1) is 6.04 Å². The van der Waals surface area contributed by atoms with Crippen molar-refractivity contribution in [3.8, 4) is 0 Å².